The number of hydrogen-bond donors (Lipinski definition) is 2. The van der Waals surface area contributed by atoms with Crippen LogP contribution in [0.3, 0.4) is 0 Å². The number of thiophene rings is 1. The van der Waals surface area contributed by atoms with Gasteiger partial charge in [-0.2, -0.15) is 0 Å². The van der Waals surface area contributed by atoms with Crippen molar-refractivity contribution in [3.63, 3.8) is 0 Å². The Hall–Kier alpha value is -0.380. The minimum atomic E-state index is -0.414. The Morgan fingerprint density at radius 3 is 2.75 bits per heavy atom. The van der Waals surface area contributed by atoms with Crippen molar-refractivity contribution in [3.05, 3.63) is 21.9 Å². The number of hydrogen-bond acceptors (Lipinski definition) is 3. The molecule has 1 aromatic rings. The van der Waals surface area contributed by atoms with Gasteiger partial charge in [-0.15, -0.1) is 11.3 Å². The summed E-state index contributed by atoms with van der Waals surface area (Å²) in [5.74, 6) is 0. The predicted molar refractivity (Wildman–Crippen MR) is 52.3 cm³/mol. The molecule has 0 aliphatic carbocycles. The molecule has 2 unspecified atom stereocenters. The summed E-state index contributed by atoms with van der Waals surface area (Å²) in [5, 5.41) is 11.5. The van der Waals surface area contributed by atoms with Crippen molar-refractivity contribution in [2.75, 3.05) is 0 Å². The molecule has 2 atom stereocenters. The first-order valence-corrected chi connectivity index (χ1v) is 5.02. The van der Waals surface area contributed by atoms with E-state index < -0.39 is 6.10 Å². The summed E-state index contributed by atoms with van der Waals surface area (Å²) < 4.78 is 0. The van der Waals surface area contributed by atoms with Gasteiger partial charge in [0.15, 0.2) is 0 Å². The summed E-state index contributed by atoms with van der Waals surface area (Å²) in [5.41, 5.74) is 7.04. The molecule has 3 heteroatoms. The summed E-state index contributed by atoms with van der Waals surface area (Å²) in [7, 11) is 0. The van der Waals surface area contributed by atoms with E-state index >= 15 is 0 Å². The fraction of sp³-hybridized carbons (Fsp3) is 0.556. The van der Waals surface area contributed by atoms with Crippen molar-refractivity contribution in [3.8, 4) is 0 Å². The molecule has 3 N–H and O–H groups in total. The van der Waals surface area contributed by atoms with Crippen LogP contribution in [0.5, 0.6) is 0 Å². The number of rotatable bonds is 3. The molecule has 1 aromatic heterocycles. The van der Waals surface area contributed by atoms with Gasteiger partial charge in [-0.05, 0) is 30.4 Å². The molecule has 0 fully saturated rings. The average molecular weight is 185 g/mol. The van der Waals surface area contributed by atoms with E-state index in [2.05, 4.69) is 0 Å². The van der Waals surface area contributed by atoms with E-state index in [1.807, 2.05) is 25.3 Å². The maximum absolute atomic E-state index is 9.50. The van der Waals surface area contributed by atoms with Gasteiger partial charge in [0.2, 0.25) is 0 Å². The molecule has 0 aromatic carbocycles. The van der Waals surface area contributed by atoms with Crippen LogP contribution in [-0.2, 0) is 0 Å². The highest BCUT2D eigenvalue weighted by Crippen LogP contribution is 2.25. The number of aliphatic hydroxyl groups is 1. The SMILES string of the molecule is CCC(O)C(N)c1sccc1C. The average Bonchev–Trinajstić information content (AvgIpc) is 2.48. The van der Waals surface area contributed by atoms with Gasteiger partial charge in [0, 0.05) is 4.88 Å². The van der Waals surface area contributed by atoms with Crippen LogP contribution in [0.2, 0.25) is 0 Å². The van der Waals surface area contributed by atoms with Gasteiger partial charge in [-0.25, -0.2) is 0 Å². The maximum Gasteiger partial charge on any atom is 0.0738 e. The lowest BCUT2D eigenvalue weighted by Crippen LogP contribution is -2.24. The van der Waals surface area contributed by atoms with Crippen LogP contribution in [0.15, 0.2) is 11.4 Å². The Bertz CT molecular complexity index is 246. The summed E-state index contributed by atoms with van der Waals surface area (Å²) in [6.45, 7) is 3.96. The molecule has 12 heavy (non-hydrogen) atoms. The second-order valence-electron chi connectivity index (χ2n) is 2.97. The van der Waals surface area contributed by atoms with Gasteiger partial charge < -0.3 is 10.8 Å². The van der Waals surface area contributed by atoms with Crippen LogP contribution >= 0.6 is 11.3 Å². The van der Waals surface area contributed by atoms with Gasteiger partial charge in [-0.1, -0.05) is 6.92 Å². The van der Waals surface area contributed by atoms with Crippen molar-refractivity contribution in [2.24, 2.45) is 5.73 Å². The van der Waals surface area contributed by atoms with Gasteiger partial charge in [0.05, 0.1) is 12.1 Å². The van der Waals surface area contributed by atoms with Crippen molar-refractivity contribution < 1.29 is 5.11 Å². The van der Waals surface area contributed by atoms with Crippen LogP contribution in [0, 0.1) is 6.92 Å². The third kappa shape index (κ3) is 1.86. The summed E-state index contributed by atoms with van der Waals surface area (Å²) >= 11 is 1.62. The molecule has 68 valence electrons. The van der Waals surface area contributed by atoms with Gasteiger partial charge in [0.25, 0.3) is 0 Å². The highest BCUT2D eigenvalue weighted by molar-refractivity contribution is 7.10. The van der Waals surface area contributed by atoms with Crippen molar-refractivity contribution >= 4 is 11.3 Å². The standard InChI is InChI=1S/C9H15NOS/c1-3-7(11)8(10)9-6(2)4-5-12-9/h4-5,7-8,11H,3,10H2,1-2H3. The lowest BCUT2D eigenvalue weighted by atomic mass is 10.1. The molecule has 0 radical (unpaired) electrons. The van der Waals surface area contributed by atoms with Crippen LogP contribution in [0.25, 0.3) is 0 Å². The zero-order valence-corrected chi connectivity index (χ0v) is 8.27. The van der Waals surface area contributed by atoms with Gasteiger partial charge in [-0.3, -0.25) is 0 Å². The molecule has 0 aliphatic heterocycles. The number of aryl methyl sites for hydroxylation is 1. The Labute approximate surface area is 77.0 Å². The topological polar surface area (TPSA) is 46.2 Å². The molecule has 0 aliphatic rings. The zero-order chi connectivity index (χ0) is 9.14. The Morgan fingerprint density at radius 1 is 1.67 bits per heavy atom. The molecule has 0 bridgehead atoms. The van der Waals surface area contributed by atoms with E-state index in [0.29, 0.717) is 6.42 Å². The second kappa shape index (κ2) is 4.03. The number of aliphatic hydroxyl groups excluding tert-OH is 1. The van der Waals surface area contributed by atoms with Gasteiger partial charge in [0.1, 0.15) is 0 Å². The summed E-state index contributed by atoms with van der Waals surface area (Å²) in [6.07, 6.45) is 0.292. The smallest absolute Gasteiger partial charge is 0.0738 e. The monoisotopic (exact) mass is 185 g/mol. The van der Waals surface area contributed by atoms with E-state index in [1.54, 1.807) is 11.3 Å². The van der Waals surface area contributed by atoms with Crippen molar-refractivity contribution in [2.45, 2.75) is 32.4 Å². The Morgan fingerprint density at radius 2 is 2.33 bits per heavy atom. The van der Waals surface area contributed by atoms with E-state index in [-0.39, 0.29) is 6.04 Å². The molecule has 0 saturated carbocycles. The van der Waals surface area contributed by atoms with Crippen LogP contribution < -0.4 is 5.73 Å². The molecule has 0 saturated heterocycles. The lowest BCUT2D eigenvalue weighted by Gasteiger charge is -2.16. The minimum Gasteiger partial charge on any atom is -0.391 e. The minimum absolute atomic E-state index is 0.213. The number of nitrogens with two attached hydrogens (primary N) is 1. The van der Waals surface area contributed by atoms with Crippen molar-refractivity contribution in [1.29, 1.82) is 0 Å². The second-order valence-corrected chi connectivity index (χ2v) is 3.92. The quantitative estimate of drug-likeness (QED) is 0.754. The van der Waals surface area contributed by atoms with Gasteiger partial charge >= 0.3 is 0 Å². The molecular weight excluding hydrogens is 170 g/mol. The fourth-order valence-corrected chi connectivity index (χ4v) is 2.14. The van der Waals surface area contributed by atoms with Crippen LogP contribution in [0.1, 0.15) is 29.8 Å². The zero-order valence-electron chi connectivity index (χ0n) is 7.45. The summed E-state index contributed by atoms with van der Waals surface area (Å²) in [4.78, 5) is 1.10. The Kier molecular flexibility index (Phi) is 3.26. The summed E-state index contributed by atoms with van der Waals surface area (Å²) in [6, 6.07) is 1.82. The van der Waals surface area contributed by atoms with E-state index in [4.69, 9.17) is 5.73 Å². The first-order chi connectivity index (χ1) is 5.66. The normalized spacial score (nSPS) is 16.0. The predicted octanol–water partition coefficient (Wildman–Crippen LogP) is 1.83. The molecule has 0 spiro atoms. The van der Waals surface area contributed by atoms with Crippen LogP contribution in [-0.4, -0.2) is 11.2 Å². The molecular formula is C9H15NOS. The van der Waals surface area contributed by atoms with E-state index in [0.717, 1.165) is 4.88 Å². The molecule has 1 rings (SSSR count). The highest BCUT2D eigenvalue weighted by Gasteiger charge is 2.17. The van der Waals surface area contributed by atoms with E-state index in [9.17, 15) is 5.11 Å². The third-order valence-electron chi connectivity index (χ3n) is 2.04. The molecule has 2 nitrogen and oxygen atoms in total. The molecule has 0 amide bonds. The first-order valence-electron chi connectivity index (χ1n) is 4.14. The maximum atomic E-state index is 9.50. The highest BCUT2D eigenvalue weighted by atomic mass is 32.1. The molecule has 1 heterocycles. The Balaban J connectivity index is 2.77. The third-order valence-corrected chi connectivity index (χ3v) is 3.16. The fourth-order valence-electron chi connectivity index (χ4n) is 1.15. The first kappa shape index (κ1) is 9.71. The van der Waals surface area contributed by atoms with Crippen molar-refractivity contribution in [1.82, 2.24) is 0 Å². The van der Waals surface area contributed by atoms with Crippen LogP contribution in [0.4, 0.5) is 0 Å². The largest absolute Gasteiger partial charge is 0.391 e. The lowest BCUT2D eigenvalue weighted by molar-refractivity contribution is 0.142. The van der Waals surface area contributed by atoms with E-state index in [1.165, 1.54) is 5.56 Å².